The van der Waals surface area contributed by atoms with Crippen LogP contribution >= 0.6 is 22.7 Å². The van der Waals surface area contributed by atoms with Crippen LogP contribution in [0.3, 0.4) is 0 Å². The van der Waals surface area contributed by atoms with Crippen LogP contribution in [-0.4, -0.2) is 6.29 Å². The molecule has 0 saturated carbocycles. The molecule has 2 rings (SSSR count). The molecular formula is C35H56OS2. The maximum absolute atomic E-state index is 12.1. The minimum Gasteiger partial charge on any atom is -0.297 e. The lowest BCUT2D eigenvalue weighted by molar-refractivity contribution is 0.112. The van der Waals surface area contributed by atoms with Crippen molar-refractivity contribution in [2.24, 2.45) is 0 Å². The van der Waals surface area contributed by atoms with Crippen LogP contribution in [0.15, 0.2) is 5.38 Å². The number of hydrogen-bond acceptors (Lipinski definition) is 3. The maximum Gasteiger partial charge on any atom is 0.160 e. The van der Waals surface area contributed by atoms with Crippen molar-refractivity contribution in [1.29, 1.82) is 0 Å². The number of hydrogen-bond donors (Lipinski definition) is 0. The summed E-state index contributed by atoms with van der Waals surface area (Å²) in [7, 11) is 0. The van der Waals surface area contributed by atoms with E-state index in [2.05, 4.69) is 45.2 Å². The van der Waals surface area contributed by atoms with Crippen molar-refractivity contribution in [2.45, 2.75) is 156 Å². The fraction of sp³-hybridized carbons (Fsp3) is 0.686. The van der Waals surface area contributed by atoms with E-state index in [1.54, 1.807) is 22.5 Å². The molecule has 0 amide bonds. The molecule has 2 aromatic rings. The molecule has 0 spiro atoms. The molecule has 0 unspecified atom stereocenters. The van der Waals surface area contributed by atoms with Crippen LogP contribution in [0, 0.1) is 0 Å². The second-order valence-electron chi connectivity index (χ2n) is 11.1. The van der Waals surface area contributed by atoms with Crippen molar-refractivity contribution >= 4 is 41.1 Å². The van der Waals surface area contributed by atoms with Gasteiger partial charge in [0.15, 0.2) is 6.29 Å². The highest BCUT2D eigenvalue weighted by molar-refractivity contribution is 7.15. The SMILES string of the molecule is CCCCCCc1csc(/C=C/c2sc(C=O)c(CCCCCC)c2CCCCCC)c1CCCCCC. The average Bonchev–Trinajstić information content (AvgIpc) is 3.48. The lowest BCUT2D eigenvalue weighted by Crippen LogP contribution is -1.96. The van der Waals surface area contributed by atoms with Gasteiger partial charge in [-0.15, -0.1) is 22.7 Å². The average molecular weight is 557 g/mol. The molecule has 0 fully saturated rings. The number of carbonyl (C=O) groups excluding carboxylic acids is 1. The van der Waals surface area contributed by atoms with E-state index in [0.717, 1.165) is 24.0 Å². The van der Waals surface area contributed by atoms with Crippen LogP contribution in [-0.2, 0) is 25.7 Å². The van der Waals surface area contributed by atoms with Crippen LogP contribution in [0.2, 0.25) is 0 Å². The van der Waals surface area contributed by atoms with Gasteiger partial charge < -0.3 is 0 Å². The molecule has 0 N–H and O–H groups in total. The fourth-order valence-corrected chi connectivity index (χ4v) is 7.63. The molecule has 1 nitrogen and oxygen atoms in total. The van der Waals surface area contributed by atoms with Crippen molar-refractivity contribution in [1.82, 2.24) is 0 Å². The lowest BCUT2D eigenvalue weighted by atomic mass is 9.96. The molecule has 0 saturated heterocycles. The third kappa shape index (κ3) is 11.5. The maximum atomic E-state index is 12.1. The van der Waals surface area contributed by atoms with Gasteiger partial charge in [-0.2, -0.15) is 0 Å². The molecule has 0 aliphatic rings. The van der Waals surface area contributed by atoms with E-state index in [0.29, 0.717) is 0 Å². The van der Waals surface area contributed by atoms with Gasteiger partial charge in [-0.25, -0.2) is 0 Å². The van der Waals surface area contributed by atoms with E-state index in [-0.39, 0.29) is 0 Å². The van der Waals surface area contributed by atoms with Gasteiger partial charge in [-0.3, -0.25) is 4.79 Å². The predicted octanol–water partition coefficient (Wildman–Crippen LogP) is 12.3. The molecule has 2 aromatic heterocycles. The zero-order chi connectivity index (χ0) is 27.4. The van der Waals surface area contributed by atoms with Crippen molar-refractivity contribution < 1.29 is 4.79 Å². The second-order valence-corrected chi connectivity index (χ2v) is 13.1. The van der Waals surface area contributed by atoms with Crippen LogP contribution in [0.1, 0.15) is 172 Å². The number of rotatable bonds is 23. The summed E-state index contributed by atoms with van der Waals surface area (Å²) < 4.78 is 0. The predicted molar refractivity (Wildman–Crippen MR) is 174 cm³/mol. The quantitative estimate of drug-likeness (QED) is 0.0982. The molecular weight excluding hydrogens is 501 g/mol. The first-order valence-corrected chi connectivity index (χ1v) is 17.8. The number of carbonyl (C=O) groups is 1. The Balaban J connectivity index is 2.29. The van der Waals surface area contributed by atoms with E-state index in [4.69, 9.17) is 0 Å². The molecule has 2 heterocycles. The summed E-state index contributed by atoms with van der Waals surface area (Å²) in [6.07, 6.45) is 31.2. The number of thiophene rings is 2. The van der Waals surface area contributed by atoms with E-state index in [9.17, 15) is 4.79 Å². The molecule has 3 heteroatoms. The number of aldehydes is 1. The molecule has 214 valence electrons. The highest BCUT2D eigenvalue weighted by Crippen LogP contribution is 2.34. The Labute approximate surface area is 243 Å². The summed E-state index contributed by atoms with van der Waals surface area (Å²) in [6, 6.07) is 0. The van der Waals surface area contributed by atoms with Crippen LogP contribution in [0.4, 0.5) is 0 Å². The Hall–Kier alpha value is -1.19. The topological polar surface area (TPSA) is 17.1 Å². The Bertz CT molecular complexity index is 917. The summed E-state index contributed by atoms with van der Waals surface area (Å²) in [6.45, 7) is 9.14. The molecule has 0 radical (unpaired) electrons. The fourth-order valence-electron chi connectivity index (χ4n) is 5.46. The smallest absolute Gasteiger partial charge is 0.160 e. The summed E-state index contributed by atoms with van der Waals surface area (Å²) in [4.78, 5) is 15.9. The van der Waals surface area contributed by atoms with Gasteiger partial charge >= 0.3 is 0 Å². The van der Waals surface area contributed by atoms with Crippen molar-refractivity contribution in [3.63, 3.8) is 0 Å². The van der Waals surface area contributed by atoms with Gasteiger partial charge in [-0.05, 0) is 91.2 Å². The minimum atomic E-state index is 0.981. The normalized spacial score (nSPS) is 11.7. The van der Waals surface area contributed by atoms with E-state index in [1.807, 2.05) is 11.3 Å². The lowest BCUT2D eigenvalue weighted by Gasteiger charge is -2.08. The highest BCUT2D eigenvalue weighted by Gasteiger charge is 2.17. The largest absolute Gasteiger partial charge is 0.297 e. The van der Waals surface area contributed by atoms with Gasteiger partial charge in [0.2, 0.25) is 0 Å². The summed E-state index contributed by atoms with van der Waals surface area (Å²) in [5, 5.41) is 2.44. The van der Waals surface area contributed by atoms with Crippen LogP contribution < -0.4 is 0 Å². The molecule has 38 heavy (non-hydrogen) atoms. The summed E-state index contributed by atoms with van der Waals surface area (Å²) >= 11 is 3.68. The summed E-state index contributed by atoms with van der Waals surface area (Å²) in [5.41, 5.74) is 6.04. The zero-order valence-corrected chi connectivity index (χ0v) is 26.8. The Morgan fingerprint density at radius 1 is 0.526 bits per heavy atom. The molecule has 0 aliphatic heterocycles. The van der Waals surface area contributed by atoms with Gasteiger partial charge in [-0.1, -0.05) is 105 Å². The first kappa shape index (κ1) is 33.0. The van der Waals surface area contributed by atoms with Gasteiger partial charge in [0.05, 0.1) is 4.88 Å². The zero-order valence-electron chi connectivity index (χ0n) is 25.2. The third-order valence-electron chi connectivity index (χ3n) is 7.83. The second kappa shape index (κ2) is 20.7. The monoisotopic (exact) mass is 556 g/mol. The van der Waals surface area contributed by atoms with Gasteiger partial charge in [0.1, 0.15) is 0 Å². The molecule has 0 aromatic carbocycles. The third-order valence-corrected chi connectivity index (χ3v) is 10.0. The van der Waals surface area contributed by atoms with Gasteiger partial charge in [0, 0.05) is 9.75 Å². The first-order valence-electron chi connectivity index (χ1n) is 16.1. The highest BCUT2D eigenvalue weighted by atomic mass is 32.1. The Kier molecular flexibility index (Phi) is 18.0. The first-order chi connectivity index (χ1) is 18.7. The van der Waals surface area contributed by atoms with Crippen molar-refractivity contribution in [3.8, 4) is 0 Å². The molecule has 0 atom stereocenters. The van der Waals surface area contributed by atoms with Crippen LogP contribution in [0.5, 0.6) is 0 Å². The standard InChI is InChI=1S/C35H56OS2/c1-5-9-13-17-21-29-28-37-33(30(29)22-18-14-10-6-2)25-26-34-31(23-19-15-11-7-3)32(35(27-36)38-34)24-20-16-12-8-4/h25-28H,5-24H2,1-4H3/b26-25+. The van der Waals surface area contributed by atoms with Gasteiger partial charge in [0.25, 0.3) is 0 Å². The van der Waals surface area contributed by atoms with Crippen molar-refractivity contribution in [2.75, 3.05) is 0 Å². The molecule has 0 aliphatic carbocycles. The van der Waals surface area contributed by atoms with E-state index < -0.39 is 0 Å². The Morgan fingerprint density at radius 3 is 1.47 bits per heavy atom. The van der Waals surface area contributed by atoms with Crippen LogP contribution in [0.25, 0.3) is 12.2 Å². The Morgan fingerprint density at radius 2 is 0.974 bits per heavy atom. The summed E-state index contributed by atoms with van der Waals surface area (Å²) in [5.74, 6) is 0. The minimum absolute atomic E-state index is 0.981. The number of aryl methyl sites for hydroxylation is 1. The van der Waals surface area contributed by atoms with E-state index >= 15 is 0 Å². The number of unbranched alkanes of at least 4 members (excludes halogenated alkanes) is 12. The van der Waals surface area contributed by atoms with Crippen molar-refractivity contribution in [3.05, 3.63) is 42.3 Å². The van der Waals surface area contributed by atoms with E-state index in [1.165, 1.54) is 136 Å². The molecule has 0 bridgehead atoms.